The lowest BCUT2D eigenvalue weighted by Gasteiger charge is -2.27. The summed E-state index contributed by atoms with van der Waals surface area (Å²) in [6.07, 6.45) is 3.08. The Morgan fingerprint density at radius 3 is 2.71 bits per heavy atom. The van der Waals surface area contributed by atoms with E-state index in [1.54, 1.807) is 31.2 Å². The second-order valence-corrected chi connectivity index (χ2v) is 7.16. The molecule has 0 fully saturated rings. The molecule has 0 spiro atoms. The molecular formula is C22H27N3O3. The molecule has 2 amide bonds. The fraction of sp³-hybridized carbons (Fsp3) is 0.364. The van der Waals surface area contributed by atoms with Gasteiger partial charge in [0.05, 0.1) is 26.2 Å². The number of benzene rings is 2. The number of nitrogens with one attached hydrogen (secondary N) is 2. The van der Waals surface area contributed by atoms with E-state index in [1.807, 2.05) is 24.3 Å². The number of carbonyl (C=O) groups excluding carboxylic acids is 2. The normalized spacial score (nSPS) is 15.6. The van der Waals surface area contributed by atoms with Gasteiger partial charge in [0.2, 0.25) is 11.8 Å². The summed E-state index contributed by atoms with van der Waals surface area (Å²) in [5.74, 6) is 0.434. The number of amides is 2. The van der Waals surface area contributed by atoms with Crippen LogP contribution in [0.3, 0.4) is 0 Å². The van der Waals surface area contributed by atoms with Gasteiger partial charge in [0.15, 0.2) is 0 Å². The van der Waals surface area contributed by atoms with Gasteiger partial charge in [-0.2, -0.15) is 0 Å². The van der Waals surface area contributed by atoms with E-state index >= 15 is 0 Å². The molecule has 6 heteroatoms. The van der Waals surface area contributed by atoms with Gasteiger partial charge in [0.25, 0.3) is 0 Å². The number of rotatable bonds is 7. The number of hydrogen-bond acceptors (Lipinski definition) is 4. The highest BCUT2D eigenvalue weighted by atomic mass is 16.5. The van der Waals surface area contributed by atoms with Crippen molar-refractivity contribution in [2.45, 2.75) is 25.3 Å². The van der Waals surface area contributed by atoms with Gasteiger partial charge in [-0.15, -0.1) is 0 Å². The summed E-state index contributed by atoms with van der Waals surface area (Å²) in [4.78, 5) is 26.4. The minimum absolute atomic E-state index is 0.0523. The average molecular weight is 381 g/mol. The van der Waals surface area contributed by atoms with Crippen molar-refractivity contribution in [2.24, 2.45) is 0 Å². The van der Waals surface area contributed by atoms with E-state index in [0.29, 0.717) is 11.4 Å². The molecule has 1 aliphatic carbocycles. The molecule has 6 nitrogen and oxygen atoms in total. The Balaban J connectivity index is 1.48. The highest BCUT2D eigenvalue weighted by molar-refractivity contribution is 5.92. The van der Waals surface area contributed by atoms with Crippen LogP contribution in [0.4, 0.5) is 5.69 Å². The molecule has 3 rings (SSSR count). The smallest absolute Gasteiger partial charge is 0.238 e. The average Bonchev–Trinajstić information content (AvgIpc) is 2.68. The van der Waals surface area contributed by atoms with E-state index in [9.17, 15) is 9.59 Å². The van der Waals surface area contributed by atoms with Crippen molar-refractivity contribution >= 4 is 17.5 Å². The molecule has 0 bridgehead atoms. The predicted octanol–water partition coefficient (Wildman–Crippen LogP) is 2.76. The van der Waals surface area contributed by atoms with Gasteiger partial charge in [-0.1, -0.05) is 30.3 Å². The molecule has 0 radical (unpaired) electrons. The number of fused-ring (bicyclic) bond motifs is 1. The zero-order valence-corrected chi connectivity index (χ0v) is 16.4. The monoisotopic (exact) mass is 381 g/mol. The molecular weight excluding hydrogens is 354 g/mol. The lowest BCUT2D eigenvalue weighted by Crippen LogP contribution is -2.40. The minimum Gasteiger partial charge on any atom is -0.497 e. The number of aryl methyl sites for hydroxylation is 1. The number of carbonyl (C=O) groups is 2. The summed E-state index contributed by atoms with van der Waals surface area (Å²) >= 11 is 0. The van der Waals surface area contributed by atoms with Crippen LogP contribution in [0.2, 0.25) is 0 Å². The number of hydrogen-bond donors (Lipinski definition) is 2. The molecule has 1 atom stereocenters. The van der Waals surface area contributed by atoms with Crippen LogP contribution >= 0.6 is 0 Å². The van der Waals surface area contributed by atoms with Crippen LogP contribution in [-0.2, 0) is 16.0 Å². The lowest BCUT2D eigenvalue weighted by molar-refractivity contribution is -0.123. The summed E-state index contributed by atoms with van der Waals surface area (Å²) in [7, 11) is 3.34. The fourth-order valence-corrected chi connectivity index (χ4v) is 3.59. The molecule has 0 saturated carbocycles. The Morgan fingerprint density at radius 2 is 1.89 bits per heavy atom. The predicted molar refractivity (Wildman–Crippen MR) is 109 cm³/mol. The molecule has 2 aromatic carbocycles. The third kappa shape index (κ3) is 5.33. The molecule has 28 heavy (non-hydrogen) atoms. The lowest BCUT2D eigenvalue weighted by atomic mass is 9.88. The van der Waals surface area contributed by atoms with Gasteiger partial charge < -0.3 is 15.4 Å². The Hall–Kier alpha value is -2.86. The molecule has 1 aliphatic rings. The Bertz CT molecular complexity index is 837. The largest absolute Gasteiger partial charge is 0.497 e. The summed E-state index contributed by atoms with van der Waals surface area (Å²) < 4.78 is 5.15. The third-order valence-corrected chi connectivity index (χ3v) is 4.89. The van der Waals surface area contributed by atoms with Crippen molar-refractivity contribution < 1.29 is 14.3 Å². The van der Waals surface area contributed by atoms with Gasteiger partial charge >= 0.3 is 0 Å². The van der Waals surface area contributed by atoms with Crippen LogP contribution in [0.15, 0.2) is 48.5 Å². The van der Waals surface area contributed by atoms with Crippen LogP contribution in [0, 0.1) is 0 Å². The van der Waals surface area contributed by atoms with E-state index in [2.05, 4.69) is 22.8 Å². The topological polar surface area (TPSA) is 70.7 Å². The first-order valence-corrected chi connectivity index (χ1v) is 9.55. The maximum absolute atomic E-state index is 12.5. The van der Waals surface area contributed by atoms with Crippen molar-refractivity contribution in [1.82, 2.24) is 10.2 Å². The third-order valence-electron chi connectivity index (χ3n) is 4.89. The molecule has 0 unspecified atom stereocenters. The van der Waals surface area contributed by atoms with Gasteiger partial charge in [0, 0.05) is 11.8 Å². The highest BCUT2D eigenvalue weighted by Crippen LogP contribution is 2.29. The number of likely N-dealkylation sites (N-methyl/N-ethyl adjacent to an activating group) is 1. The fourth-order valence-electron chi connectivity index (χ4n) is 3.59. The van der Waals surface area contributed by atoms with Crippen molar-refractivity contribution in [1.29, 1.82) is 0 Å². The maximum atomic E-state index is 12.5. The second-order valence-electron chi connectivity index (χ2n) is 7.16. The molecule has 2 aromatic rings. The van der Waals surface area contributed by atoms with E-state index in [0.717, 1.165) is 19.3 Å². The molecule has 0 saturated heterocycles. The number of methoxy groups -OCH3 is 1. The maximum Gasteiger partial charge on any atom is 0.238 e. The van der Waals surface area contributed by atoms with Crippen LogP contribution in [0.5, 0.6) is 5.75 Å². The van der Waals surface area contributed by atoms with Gasteiger partial charge in [-0.05, 0) is 49.6 Å². The first kappa shape index (κ1) is 19.9. The first-order valence-electron chi connectivity index (χ1n) is 9.55. The van der Waals surface area contributed by atoms with Crippen LogP contribution < -0.4 is 15.4 Å². The Morgan fingerprint density at radius 1 is 1.11 bits per heavy atom. The SMILES string of the molecule is COc1cccc(NC(=O)CN(C)CC(=O)N[C@@H]2CCCc3ccccc32)c1. The zero-order valence-electron chi connectivity index (χ0n) is 16.4. The van der Waals surface area contributed by atoms with Gasteiger partial charge in [-0.3, -0.25) is 14.5 Å². The second kappa shape index (κ2) is 9.37. The quantitative estimate of drug-likeness (QED) is 0.774. The molecule has 0 aliphatic heterocycles. The van der Waals surface area contributed by atoms with Gasteiger partial charge in [-0.25, -0.2) is 0 Å². The highest BCUT2D eigenvalue weighted by Gasteiger charge is 2.22. The summed E-state index contributed by atoms with van der Waals surface area (Å²) in [6, 6.07) is 15.5. The summed E-state index contributed by atoms with van der Waals surface area (Å²) in [5, 5.41) is 5.94. The Labute approximate surface area is 165 Å². The standard InChI is InChI=1S/C22H27N3O3/c1-25(14-21(26)23-17-9-6-10-18(13-17)28-2)15-22(27)24-20-12-5-8-16-7-3-4-11-19(16)20/h3-4,6-7,9-11,13,20H,5,8,12,14-15H2,1-2H3,(H,23,26)(H,24,27)/t20-/m1/s1. The molecule has 148 valence electrons. The Kier molecular flexibility index (Phi) is 6.66. The summed E-state index contributed by atoms with van der Waals surface area (Å²) in [6.45, 7) is 0.302. The summed E-state index contributed by atoms with van der Waals surface area (Å²) in [5.41, 5.74) is 3.19. The van der Waals surface area contributed by atoms with Gasteiger partial charge in [0.1, 0.15) is 5.75 Å². The number of ether oxygens (including phenoxy) is 1. The van der Waals surface area contributed by atoms with Crippen molar-refractivity contribution in [3.63, 3.8) is 0 Å². The van der Waals surface area contributed by atoms with E-state index in [4.69, 9.17) is 4.74 Å². The van der Waals surface area contributed by atoms with Crippen LogP contribution in [0.1, 0.15) is 30.0 Å². The van der Waals surface area contributed by atoms with E-state index in [-0.39, 0.29) is 30.9 Å². The van der Waals surface area contributed by atoms with Crippen LogP contribution in [0.25, 0.3) is 0 Å². The minimum atomic E-state index is -0.174. The molecule has 0 aromatic heterocycles. The first-order chi connectivity index (χ1) is 13.5. The van der Waals surface area contributed by atoms with E-state index < -0.39 is 0 Å². The van der Waals surface area contributed by atoms with Crippen LogP contribution in [-0.4, -0.2) is 44.0 Å². The van der Waals surface area contributed by atoms with Crippen molar-refractivity contribution in [3.8, 4) is 5.75 Å². The zero-order chi connectivity index (χ0) is 19.9. The van der Waals surface area contributed by atoms with Crippen molar-refractivity contribution in [3.05, 3.63) is 59.7 Å². The molecule has 0 heterocycles. The number of nitrogens with zero attached hydrogens (tertiary/aromatic N) is 1. The van der Waals surface area contributed by atoms with E-state index in [1.165, 1.54) is 11.1 Å². The molecule has 2 N–H and O–H groups in total. The number of anilines is 1. The van der Waals surface area contributed by atoms with Crippen molar-refractivity contribution in [2.75, 3.05) is 32.6 Å².